The minimum absolute atomic E-state index is 0.391. The van der Waals surface area contributed by atoms with Gasteiger partial charge in [-0.3, -0.25) is 0 Å². The van der Waals surface area contributed by atoms with E-state index >= 15 is 0 Å². The van der Waals surface area contributed by atoms with E-state index in [0.29, 0.717) is 13.1 Å². The summed E-state index contributed by atoms with van der Waals surface area (Å²) in [6, 6.07) is 3.88. The molecule has 5 nitrogen and oxygen atoms in total. The number of hydrogen-bond donors (Lipinski definition) is 2. The number of anilines is 2. The van der Waals surface area contributed by atoms with Crippen LogP contribution in [0.4, 0.5) is 11.4 Å². The van der Waals surface area contributed by atoms with E-state index in [2.05, 4.69) is 11.6 Å². The summed E-state index contributed by atoms with van der Waals surface area (Å²) in [4.78, 5) is 2.05. The molecule has 0 aliphatic carbocycles. The Labute approximate surface area is 115 Å². The highest BCUT2D eigenvalue weighted by atomic mass is 32.2. The molecule has 0 bridgehead atoms. The van der Waals surface area contributed by atoms with Gasteiger partial charge in [0.1, 0.15) is 0 Å². The zero-order valence-corrected chi connectivity index (χ0v) is 12.8. The fraction of sp³-hybridized carbons (Fsp3) is 0.538. The van der Waals surface area contributed by atoms with Gasteiger partial charge in [0.15, 0.2) is 0 Å². The SMILES string of the molecule is CCc1c(N(C)CCNS(C)(=O)=O)ccc(N)c1C. The highest BCUT2D eigenvalue weighted by molar-refractivity contribution is 7.88. The van der Waals surface area contributed by atoms with Crippen LogP contribution in [0.5, 0.6) is 0 Å². The quantitative estimate of drug-likeness (QED) is 0.768. The van der Waals surface area contributed by atoms with Crippen molar-refractivity contribution in [2.45, 2.75) is 20.3 Å². The van der Waals surface area contributed by atoms with Crippen LogP contribution in [-0.2, 0) is 16.4 Å². The molecule has 19 heavy (non-hydrogen) atoms. The van der Waals surface area contributed by atoms with E-state index in [9.17, 15) is 8.42 Å². The van der Waals surface area contributed by atoms with E-state index in [1.807, 2.05) is 31.0 Å². The molecule has 3 N–H and O–H groups in total. The summed E-state index contributed by atoms with van der Waals surface area (Å²) in [7, 11) is -1.18. The molecular weight excluding hydrogens is 262 g/mol. The van der Waals surface area contributed by atoms with Crippen LogP contribution < -0.4 is 15.4 Å². The molecule has 0 heterocycles. The third kappa shape index (κ3) is 4.40. The summed E-state index contributed by atoms with van der Waals surface area (Å²) in [5.74, 6) is 0. The van der Waals surface area contributed by atoms with E-state index in [1.165, 1.54) is 5.56 Å². The number of hydrogen-bond acceptors (Lipinski definition) is 4. The molecule has 0 aliphatic heterocycles. The topological polar surface area (TPSA) is 75.4 Å². The number of benzene rings is 1. The van der Waals surface area contributed by atoms with Crippen LogP contribution in [0, 0.1) is 6.92 Å². The summed E-state index contributed by atoms with van der Waals surface area (Å²) in [5, 5.41) is 0. The lowest BCUT2D eigenvalue weighted by atomic mass is 10.0. The fourth-order valence-corrected chi connectivity index (χ4v) is 2.55. The number of likely N-dealkylation sites (N-methyl/N-ethyl adjacent to an activating group) is 1. The van der Waals surface area contributed by atoms with E-state index in [4.69, 9.17) is 5.73 Å². The monoisotopic (exact) mass is 285 g/mol. The van der Waals surface area contributed by atoms with Crippen LogP contribution in [0.2, 0.25) is 0 Å². The van der Waals surface area contributed by atoms with Gasteiger partial charge in [-0.25, -0.2) is 13.1 Å². The van der Waals surface area contributed by atoms with Crippen LogP contribution in [0.1, 0.15) is 18.1 Å². The predicted molar refractivity (Wildman–Crippen MR) is 81.1 cm³/mol. The predicted octanol–water partition coefficient (Wildman–Crippen LogP) is 1.13. The lowest BCUT2D eigenvalue weighted by Crippen LogP contribution is -2.32. The van der Waals surface area contributed by atoms with Crippen LogP contribution >= 0.6 is 0 Å². The Hall–Kier alpha value is -1.27. The lowest BCUT2D eigenvalue weighted by Gasteiger charge is -2.24. The maximum Gasteiger partial charge on any atom is 0.208 e. The molecule has 0 unspecified atom stereocenters. The standard InChI is InChI=1S/C13H23N3O2S/c1-5-11-10(2)12(14)6-7-13(11)16(3)9-8-15-19(4,17)18/h6-7,15H,5,8-9,14H2,1-4H3. The second-order valence-corrected chi connectivity index (χ2v) is 6.55. The molecule has 1 rings (SSSR count). The summed E-state index contributed by atoms with van der Waals surface area (Å²) in [6.07, 6.45) is 2.06. The molecule has 0 amide bonds. The molecule has 108 valence electrons. The van der Waals surface area contributed by atoms with E-state index in [-0.39, 0.29) is 0 Å². The summed E-state index contributed by atoms with van der Waals surface area (Å²) >= 11 is 0. The van der Waals surface area contributed by atoms with Gasteiger partial charge in [-0.05, 0) is 36.6 Å². The second kappa shape index (κ2) is 6.25. The highest BCUT2D eigenvalue weighted by Crippen LogP contribution is 2.27. The smallest absolute Gasteiger partial charge is 0.208 e. The van der Waals surface area contributed by atoms with Crippen LogP contribution in [0.25, 0.3) is 0 Å². The van der Waals surface area contributed by atoms with Gasteiger partial charge in [0.25, 0.3) is 0 Å². The third-order valence-electron chi connectivity index (χ3n) is 3.19. The van der Waals surface area contributed by atoms with Gasteiger partial charge >= 0.3 is 0 Å². The average molecular weight is 285 g/mol. The lowest BCUT2D eigenvalue weighted by molar-refractivity contribution is 0.587. The van der Waals surface area contributed by atoms with Gasteiger partial charge < -0.3 is 10.6 Å². The minimum Gasteiger partial charge on any atom is -0.399 e. The molecule has 1 aromatic carbocycles. The Morgan fingerprint density at radius 3 is 2.53 bits per heavy atom. The number of nitrogens with two attached hydrogens (primary N) is 1. The summed E-state index contributed by atoms with van der Waals surface area (Å²) in [6.45, 7) is 5.11. The molecule has 0 radical (unpaired) electrons. The number of nitrogen functional groups attached to an aromatic ring is 1. The molecule has 0 saturated carbocycles. The van der Waals surface area contributed by atoms with E-state index in [0.717, 1.165) is 29.6 Å². The molecule has 0 fully saturated rings. The zero-order chi connectivity index (χ0) is 14.6. The molecule has 0 spiro atoms. The summed E-state index contributed by atoms with van der Waals surface area (Å²) < 4.78 is 24.5. The van der Waals surface area contributed by atoms with Crippen molar-refractivity contribution in [3.05, 3.63) is 23.3 Å². The van der Waals surface area contributed by atoms with Gasteiger partial charge in [-0.2, -0.15) is 0 Å². The Kier molecular flexibility index (Phi) is 5.20. The zero-order valence-electron chi connectivity index (χ0n) is 12.0. The van der Waals surface area contributed by atoms with Crippen molar-refractivity contribution in [2.24, 2.45) is 0 Å². The first-order chi connectivity index (χ1) is 8.76. The number of rotatable bonds is 6. The maximum atomic E-state index is 11.0. The minimum atomic E-state index is -3.13. The van der Waals surface area contributed by atoms with Gasteiger partial charge in [0.05, 0.1) is 6.26 Å². The first kappa shape index (κ1) is 15.8. The first-order valence-corrected chi connectivity index (χ1v) is 8.19. The molecule has 0 aliphatic rings. The Morgan fingerprint density at radius 2 is 2.00 bits per heavy atom. The van der Waals surface area contributed by atoms with Crippen molar-refractivity contribution in [3.63, 3.8) is 0 Å². The number of nitrogens with zero attached hydrogens (tertiary/aromatic N) is 1. The molecule has 0 saturated heterocycles. The number of nitrogens with one attached hydrogen (secondary N) is 1. The largest absolute Gasteiger partial charge is 0.399 e. The molecule has 0 aromatic heterocycles. The molecule has 6 heteroatoms. The highest BCUT2D eigenvalue weighted by Gasteiger charge is 2.11. The van der Waals surface area contributed by atoms with Gasteiger partial charge in [0, 0.05) is 31.5 Å². The Balaban J connectivity index is 2.82. The van der Waals surface area contributed by atoms with Crippen LogP contribution in [0.3, 0.4) is 0 Å². The molecule has 1 aromatic rings. The Morgan fingerprint density at radius 1 is 1.37 bits per heavy atom. The van der Waals surface area contributed by atoms with E-state index in [1.54, 1.807) is 0 Å². The summed E-state index contributed by atoms with van der Waals surface area (Å²) in [5.41, 5.74) is 10.1. The molecular formula is C13H23N3O2S. The van der Waals surface area contributed by atoms with Gasteiger partial charge in [-0.1, -0.05) is 6.92 Å². The third-order valence-corrected chi connectivity index (χ3v) is 3.92. The van der Waals surface area contributed by atoms with Crippen molar-refractivity contribution >= 4 is 21.4 Å². The first-order valence-electron chi connectivity index (χ1n) is 6.30. The van der Waals surface area contributed by atoms with Crippen LogP contribution in [-0.4, -0.2) is 34.8 Å². The van der Waals surface area contributed by atoms with Crippen molar-refractivity contribution in [3.8, 4) is 0 Å². The molecule has 0 atom stereocenters. The van der Waals surface area contributed by atoms with Gasteiger partial charge in [0.2, 0.25) is 10.0 Å². The Bertz CT molecular complexity index is 541. The fourth-order valence-electron chi connectivity index (χ4n) is 2.08. The average Bonchev–Trinajstić information content (AvgIpc) is 2.30. The number of sulfonamides is 1. The maximum absolute atomic E-state index is 11.0. The van der Waals surface area contributed by atoms with Gasteiger partial charge in [-0.15, -0.1) is 0 Å². The van der Waals surface area contributed by atoms with Crippen molar-refractivity contribution < 1.29 is 8.42 Å². The second-order valence-electron chi connectivity index (χ2n) is 4.72. The normalized spacial score (nSPS) is 11.6. The van der Waals surface area contributed by atoms with E-state index < -0.39 is 10.0 Å². The van der Waals surface area contributed by atoms with Crippen molar-refractivity contribution in [2.75, 3.05) is 37.0 Å². The van der Waals surface area contributed by atoms with Crippen LogP contribution in [0.15, 0.2) is 12.1 Å². The van der Waals surface area contributed by atoms with Crippen molar-refractivity contribution in [1.82, 2.24) is 4.72 Å². The van der Waals surface area contributed by atoms with Crippen molar-refractivity contribution in [1.29, 1.82) is 0 Å².